The molecule has 2 atom stereocenters. The van der Waals surface area contributed by atoms with Crippen molar-refractivity contribution in [3.05, 3.63) is 17.8 Å². The van der Waals surface area contributed by atoms with Gasteiger partial charge in [-0.05, 0) is 44.1 Å². The molecule has 1 aliphatic rings. The molecule has 1 fully saturated rings. The fourth-order valence-electron chi connectivity index (χ4n) is 2.23. The first kappa shape index (κ1) is 11.6. The van der Waals surface area contributed by atoms with Crippen molar-refractivity contribution < 1.29 is 0 Å². The van der Waals surface area contributed by atoms with E-state index in [-0.39, 0.29) is 0 Å². The third-order valence-electron chi connectivity index (χ3n) is 3.16. The maximum Gasteiger partial charge on any atom is 0.129 e. The van der Waals surface area contributed by atoms with Gasteiger partial charge >= 0.3 is 0 Å². The van der Waals surface area contributed by atoms with Gasteiger partial charge in [-0.2, -0.15) is 11.8 Å². The highest BCUT2D eigenvalue weighted by Gasteiger charge is 2.24. The lowest BCUT2D eigenvalue weighted by atomic mass is 10.2. The van der Waals surface area contributed by atoms with Crippen LogP contribution in [0, 0.1) is 6.92 Å². The molecule has 3 nitrogen and oxygen atoms in total. The van der Waals surface area contributed by atoms with Crippen LogP contribution in [0.2, 0.25) is 0 Å². The van der Waals surface area contributed by atoms with E-state index in [1.54, 1.807) is 6.20 Å². The predicted octanol–water partition coefficient (Wildman–Crippen LogP) is 2.67. The Hall–Kier alpha value is -0.900. The molecule has 1 saturated carbocycles. The van der Waals surface area contributed by atoms with Crippen molar-refractivity contribution in [2.24, 2.45) is 0 Å². The van der Waals surface area contributed by atoms with Gasteiger partial charge in [0.1, 0.15) is 5.82 Å². The monoisotopic (exact) mass is 237 g/mol. The number of pyridine rings is 1. The standard InChI is InChI=1S/C12H19N3S/c1-8-5-9(13)7-14-12(8)15-10-3-4-11(6-10)16-2/h5,7,10-11H,3-4,6,13H2,1-2H3,(H,14,15). The molecule has 0 radical (unpaired) electrons. The highest BCUT2D eigenvalue weighted by molar-refractivity contribution is 7.99. The third-order valence-corrected chi connectivity index (χ3v) is 4.25. The second-order valence-electron chi connectivity index (χ2n) is 4.45. The normalized spacial score (nSPS) is 24.6. The molecule has 0 amide bonds. The molecule has 0 bridgehead atoms. The number of aromatic nitrogens is 1. The van der Waals surface area contributed by atoms with Crippen LogP contribution in [0.3, 0.4) is 0 Å². The van der Waals surface area contributed by atoms with Crippen LogP contribution in [0.15, 0.2) is 12.3 Å². The van der Waals surface area contributed by atoms with Gasteiger partial charge in [-0.25, -0.2) is 4.98 Å². The molecule has 0 saturated heterocycles. The molecule has 1 aliphatic carbocycles. The number of thioether (sulfide) groups is 1. The first-order chi connectivity index (χ1) is 7.69. The summed E-state index contributed by atoms with van der Waals surface area (Å²) in [6, 6.07) is 2.54. The Morgan fingerprint density at radius 1 is 1.50 bits per heavy atom. The van der Waals surface area contributed by atoms with Crippen molar-refractivity contribution in [2.75, 3.05) is 17.3 Å². The summed E-state index contributed by atoms with van der Waals surface area (Å²) in [5.74, 6) is 0.987. The van der Waals surface area contributed by atoms with Crippen LogP contribution in [0.5, 0.6) is 0 Å². The molecule has 16 heavy (non-hydrogen) atoms. The van der Waals surface area contributed by atoms with E-state index in [1.807, 2.05) is 24.8 Å². The zero-order valence-corrected chi connectivity index (χ0v) is 10.7. The van der Waals surface area contributed by atoms with Gasteiger partial charge in [0, 0.05) is 11.3 Å². The third kappa shape index (κ3) is 2.61. The van der Waals surface area contributed by atoms with E-state index < -0.39 is 0 Å². The van der Waals surface area contributed by atoms with Crippen molar-refractivity contribution in [1.82, 2.24) is 4.98 Å². The van der Waals surface area contributed by atoms with E-state index in [0.29, 0.717) is 6.04 Å². The predicted molar refractivity (Wildman–Crippen MR) is 72.0 cm³/mol. The van der Waals surface area contributed by atoms with E-state index in [4.69, 9.17) is 5.73 Å². The summed E-state index contributed by atoms with van der Waals surface area (Å²) in [6.07, 6.45) is 7.71. The van der Waals surface area contributed by atoms with Crippen molar-refractivity contribution in [3.8, 4) is 0 Å². The molecule has 0 spiro atoms. The minimum atomic E-state index is 0.576. The molecule has 2 rings (SSSR count). The van der Waals surface area contributed by atoms with E-state index in [1.165, 1.54) is 19.3 Å². The second kappa shape index (κ2) is 4.95. The summed E-state index contributed by atoms with van der Waals surface area (Å²) in [5.41, 5.74) is 7.55. The summed E-state index contributed by atoms with van der Waals surface area (Å²) in [6.45, 7) is 2.05. The number of hydrogen-bond donors (Lipinski definition) is 2. The van der Waals surface area contributed by atoms with Gasteiger partial charge in [0.25, 0.3) is 0 Å². The average Bonchev–Trinajstić information content (AvgIpc) is 2.70. The zero-order chi connectivity index (χ0) is 11.5. The summed E-state index contributed by atoms with van der Waals surface area (Å²) >= 11 is 1.97. The highest BCUT2D eigenvalue weighted by Crippen LogP contribution is 2.30. The number of nitrogens with two attached hydrogens (primary N) is 1. The van der Waals surface area contributed by atoms with E-state index >= 15 is 0 Å². The van der Waals surface area contributed by atoms with Gasteiger partial charge in [-0.15, -0.1) is 0 Å². The van der Waals surface area contributed by atoms with Gasteiger partial charge in [-0.3, -0.25) is 0 Å². The second-order valence-corrected chi connectivity index (χ2v) is 5.58. The largest absolute Gasteiger partial charge is 0.397 e. The summed E-state index contributed by atoms with van der Waals surface area (Å²) in [7, 11) is 0. The zero-order valence-electron chi connectivity index (χ0n) is 9.86. The van der Waals surface area contributed by atoms with E-state index in [9.17, 15) is 0 Å². The van der Waals surface area contributed by atoms with Crippen LogP contribution in [0.25, 0.3) is 0 Å². The molecular formula is C12H19N3S. The first-order valence-electron chi connectivity index (χ1n) is 5.70. The van der Waals surface area contributed by atoms with Gasteiger partial charge in [0.2, 0.25) is 0 Å². The Morgan fingerprint density at radius 3 is 2.94 bits per heavy atom. The minimum Gasteiger partial charge on any atom is -0.397 e. The molecule has 4 heteroatoms. The van der Waals surface area contributed by atoms with Crippen molar-refractivity contribution >= 4 is 23.3 Å². The Bertz CT molecular complexity index is 367. The quantitative estimate of drug-likeness (QED) is 0.848. The molecule has 3 N–H and O–H groups in total. The molecule has 2 unspecified atom stereocenters. The summed E-state index contributed by atoms with van der Waals surface area (Å²) < 4.78 is 0. The van der Waals surface area contributed by atoms with Crippen LogP contribution >= 0.6 is 11.8 Å². The maximum absolute atomic E-state index is 5.69. The summed E-state index contributed by atoms with van der Waals surface area (Å²) in [4.78, 5) is 4.35. The van der Waals surface area contributed by atoms with Crippen LogP contribution in [0.4, 0.5) is 11.5 Å². The number of nitrogens with zero attached hydrogens (tertiary/aromatic N) is 1. The molecule has 1 aromatic heterocycles. The number of hydrogen-bond acceptors (Lipinski definition) is 4. The SMILES string of the molecule is CSC1CCC(Nc2ncc(N)cc2C)C1. The Morgan fingerprint density at radius 2 is 2.31 bits per heavy atom. The van der Waals surface area contributed by atoms with Gasteiger partial charge in [-0.1, -0.05) is 0 Å². The van der Waals surface area contributed by atoms with Gasteiger partial charge in [0.05, 0.1) is 11.9 Å². The first-order valence-corrected chi connectivity index (χ1v) is 6.99. The molecule has 1 heterocycles. The van der Waals surface area contributed by atoms with Crippen LogP contribution in [-0.2, 0) is 0 Å². The van der Waals surface area contributed by atoms with Gasteiger partial charge < -0.3 is 11.1 Å². The lowest BCUT2D eigenvalue weighted by molar-refractivity contribution is 0.751. The Kier molecular flexibility index (Phi) is 3.59. The average molecular weight is 237 g/mol. The topological polar surface area (TPSA) is 50.9 Å². The molecule has 1 aromatic rings. The van der Waals surface area contributed by atoms with Crippen LogP contribution in [0.1, 0.15) is 24.8 Å². The van der Waals surface area contributed by atoms with Crippen molar-refractivity contribution in [3.63, 3.8) is 0 Å². The minimum absolute atomic E-state index is 0.576. The highest BCUT2D eigenvalue weighted by atomic mass is 32.2. The molecular weight excluding hydrogens is 218 g/mol. The molecule has 0 aromatic carbocycles. The number of nitrogens with one attached hydrogen (secondary N) is 1. The maximum atomic E-state index is 5.69. The number of nitrogen functional groups attached to an aromatic ring is 1. The number of rotatable bonds is 3. The lowest BCUT2D eigenvalue weighted by Gasteiger charge is -2.15. The van der Waals surface area contributed by atoms with Crippen LogP contribution < -0.4 is 11.1 Å². The number of anilines is 2. The Balaban J connectivity index is 1.99. The molecule has 88 valence electrons. The van der Waals surface area contributed by atoms with Crippen molar-refractivity contribution in [1.29, 1.82) is 0 Å². The lowest BCUT2D eigenvalue weighted by Crippen LogP contribution is -2.17. The fraction of sp³-hybridized carbons (Fsp3) is 0.583. The van der Waals surface area contributed by atoms with Gasteiger partial charge in [0.15, 0.2) is 0 Å². The Labute approximate surface area is 101 Å². The van der Waals surface area contributed by atoms with E-state index in [2.05, 4.69) is 16.6 Å². The molecule has 0 aliphatic heterocycles. The van der Waals surface area contributed by atoms with Crippen molar-refractivity contribution in [2.45, 2.75) is 37.5 Å². The smallest absolute Gasteiger partial charge is 0.129 e. The fourth-order valence-corrected chi connectivity index (χ4v) is 3.02. The number of aryl methyl sites for hydroxylation is 1. The van der Waals surface area contributed by atoms with E-state index in [0.717, 1.165) is 22.3 Å². The van der Waals surface area contributed by atoms with Crippen LogP contribution in [-0.4, -0.2) is 22.5 Å². The summed E-state index contributed by atoms with van der Waals surface area (Å²) in [5, 5.41) is 4.33.